The first-order valence-corrected chi connectivity index (χ1v) is 6.88. The monoisotopic (exact) mass is 257 g/mol. The average Bonchev–Trinajstić information content (AvgIpc) is 2.71. The molecule has 1 heterocycles. The van der Waals surface area contributed by atoms with E-state index in [2.05, 4.69) is 60.9 Å². The quantitative estimate of drug-likeness (QED) is 0.914. The summed E-state index contributed by atoms with van der Waals surface area (Å²) in [5.41, 5.74) is 11.1. The van der Waals surface area contributed by atoms with Gasteiger partial charge in [0.2, 0.25) is 0 Å². The first-order chi connectivity index (χ1) is 9.04. The second-order valence-corrected chi connectivity index (χ2v) is 5.25. The number of aromatic nitrogens is 2. The standard InChI is InChI=1S/C16H23N3/c1-5-15(17)16(14-9-7-6-8-11(14)2)19-13(4)10-12(3)18-19/h6-10,15-16H,5,17H2,1-4H3. The van der Waals surface area contributed by atoms with Gasteiger partial charge >= 0.3 is 0 Å². The average molecular weight is 257 g/mol. The van der Waals surface area contributed by atoms with E-state index in [1.54, 1.807) is 0 Å². The Balaban J connectivity index is 2.54. The Morgan fingerprint density at radius 1 is 1.21 bits per heavy atom. The third kappa shape index (κ3) is 2.71. The molecule has 2 atom stereocenters. The van der Waals surface area contributed by atoms with E-state index in [0.29, 0.717) is 0 Å². The summed E-state index contributed by atoms with van der Waals surface area (Å²) in [5.74, 6) is 0. The topological polar surface area (TPSA) is 43.8 Å². The van der Waals surface area contributed by atoms with Crippen molar-refractivity contribution in [3.8, 4) is 0 Å². The van der Waals surface area contributed by atoms with Crippen LogP contribution in [0.2, 0.25) is 0 Å². The molecule has 0 radical (unpaired) electrons. The van der Waals surface area contributed by atoms with E-state index in [1.807, 2.05) is 6.92 Å². The van der Waals surface area contributed by atoms with Crippen molar-refractivity contribution in [2.45, 2.75) is 46.2 Å². The third-order valence-electron chi connectivity index (χ3n) is 3.69. The molecular weight excluding hydrogens is 234 g/mol. The summed E-state index contributed by atoms with van der Waals surface area (Å²) in [5, 5.41) is 4.63. The van der Waals surface area contributed by atoms with Gasteiger partial charge in [0.1, 0.15) is 0 Å². The fourth-order valence-electron chi connectivity index (χ4n) is 2.61. The summed E-state index contributed by atoms with van der Waals surface area (Å²) in [6.45, 7) is 8.38. The Morgan fingerprint density at radius 2 is 1.89 bits per heavy atom. The summed E-state index contributed by atoms with van der Waals surface area (Å²) in [4.78, 5) is 0. The molecule has 2 unspecified atom stereocenters. The van der Waals surface area contributed by atoms with Crippen molar-refractivity contribution >= 4 is 0 Å². The van der Waals surface area contributed by atoms with Crippen LogP contribution >= 0.6 is 0 Å². The number of hydrogen-bond donors (Lipinski definition) is 1. The number of hydrogen-bond acceptors (Lipinski definition) is 2. The molecule has 102 valence electrons. The van der Waals surface area contributed by atoms with E-state index < -0.39 is 0 Å². The molecule has 3 nitrogen and oxygen atoms in total. The molecule has 1 aromatic carbocycles. The van der Waals surface area contributed by atoms with Gasteiger partial charge in [-0.15, -0.1) is 0 Å². The van der Waals surface area contributed by atoms with Crippen LogP contribution in [0.3, 0.4) is 0 Å². The molecule has 0 fully saturated rings. The maximum atomic E-state index is 6.37. The van der Waals surface area contributed by atoms with Gasteiger partial charge in [0.25, 0.3) is 0 Å². The minimum Gasteiger partial charge on any atom is -0.326 e. The van der Waals surface area contributed by atoms with Gasteiger partial charge < -0.3 is 5.73 Å². The molecule has 0 aliphatic heterocycles. The van der Waals surface area contributed by atoms with Crippen LogP contribution in [0, 0.1) is 20.8 Å². The molecule has 1 aromatic heterocycles. The van der Waals surface area contributed by atoms with E-state index in [9.17, 15) is 0 Å². The Bertz CT molecular complexity index is 557. The molecule has 0 spiro atoms. The lowest BCUT2D eigenvalue weighted by molar-refractivity contribution is 0.414. The number of nitrogens with zero attached hydrogens (tertiary/aromatic N) is 2. The van der Waals surface area contributed by atoms with Crippen LogP contribution in [0.25, 0.3) is 0 Å². The molecule has 0 aliphatic carbocycles. The van der Waals surface area contributed by atoms with Gasteiger partial charge in [0.05, 0.1) is 11.7 Å². The van der Waals surface area contributed by atoms with E-state index in [4.69, 9.17) is 5.73 Å². The van der Waals surface area contributed by atoms with Crippen LogP contribution in [0.1, 0.15) is 41.9 Å². The molecule has 0 amide bonds. The second-order valence-electron chi connectivity index (χ2n) is 5.25. The van der Waals surface area contributed by atoms with Crippen molar-refractivity contribution in [2.24, 2.45) is 5.73 Å². The summed E-state index contributed by atoms with van der Waals surface area (Å²) >= 11 is 0. The summed E-state index contributed by atoms with van der Waals surface area (Å²) in [6, 6.07) is 10.7. The van der Waals surface area contributed by atoms with Crippen LogP contribution in [-0.2, 0) is 0 Å². The Kier molecular flexibility index (Phi) is 4.05. The number of aryl methyl sites for hydroxylation is 3. The van der Waals surface area contributed by atoms with Crippen molar-refractivity contribution in [3.63, 3.8) is 0 Å². The molecule has 2 N–H and O–H groups in total. The van der Waals surface area contributed by atoms with Crippen molar-refractivity contribution in [2.75, 3.05) is 0 Å². The number of nitrogens with two attached hydrogens (primary N) is 1. The van der Waals surface area contributed by atoms with Gasteiger partial charge in [-0.1, -0.05) is 31.2 Å². The molecule has 0 aliphatic rings. The van der Waals surface area contributed by atoms with Gasteiger partial charge in [-0.25, -0.2) is 0 Å². The molecular formula is C16H23N3. The highest BCUT2D eigenvalue weighted by Gasteiger charge is 2.24. The van der Waals surface area contributed by atoms with Crippen LogP contribution in [-0.4, -0.2) is 15.8 Å². The summed E-state index contributed by atoms with van der Waals surface area (Å²) in [6.07, 6.45) is 0.928. The second kappa shape index (κ2) is 5.57. The van der Waals surface area contributed by atoms with Gasteiger partial charge in [-0.3, -0.25) is 4.68 Å². The van der Waals surface area contributed by atoms with E-state index in [1.165, 1.54) is 11.1 Å². The molecule has 19 heavy (non-hydrogen) atoms. The highest BCUT2D eigenvalue weighted by molar-refractivity contribution is 5.31. The largest absolute Gasteiger partial charge is 0.326 e. The van der Waals surface area contributed by atoms with E-state index in [-0.39, 0.29) is 12.1 Å². The molecule has 3 heteroatoms. The molecule has 2 aromatic rings. The Labute approximate surface area is 115 Å². The lowest BCUT2D eigenvalue weighted by Gasteiger charge is -2.26. The smallest absolute Gasteiger partial charge is 0.0924 e. The summed E-state index contributed by atoms with van der Waals surface area (Å²) < 4.78 is 2.08. The SMILES string of the molecule is CCC(N)C(c1ccccc1C)n1nc(C)cc1C. The van der Waals surface area contributed by atoms with Crippen molar-refractivity contribution in [3.05, 3.63) is 52.8 Å². The van der Waals surface area contributed by atoms with E-state index in [0.717, 1.165) is 17.8 Å². The minimum atomic E-state index is 0.0686. The Morgan fingerprint density at radius 3 is 2.42 bits per heavy atom. The van der Waals surface area contributed by atoms with Crippen molar-refractivity contribution in [1.82, 2.24) is 9.78 Å². The van der Waals surface area contributed by atoms with Gasteiger partial charge in [-0.2, -0.15) is 5.10 Å². The Hall–Kier alpha value is -1.61. The maximum Gasteiger partial charge on any atom is 0.0924 e. The zero-order valence-corrected chi connectivity index (χ0v) is 12.2. The van der Waals surface area contributed by atoms with Gasteiger partial charge in [0, 0.05) is 11.7 Å². The first-order valence-electron chi connectivity index (χ1n) is 6.88. The number of benzene rings is 1. The maximum absolute atomic E-state index is 6.37. The van der Waals surface area contributed by atoms with Crippen LogP contribution in [0.15, 0.2) is 30.3 Å². The summed E-state index contributed by atoms with van der Waals surface area (Å²) in [7, 11) is 0. The lowest BCUT2D eigenvalue weighted by atomic mass is 9.94. The number of rotatable bonds is 4. The normalized spacial score (nSPS) is 14.4. The molecule has 0 bridgehead atoms. The fourth-order valence-corrected chi connectivity index (χ4v) is 2.61. The molecule has 2 rings (SSSR count). The lowest BCUT2D eigenvalue weighted by Crippen LogP contribution is -2.34. The van der Waals surface area contributed by atoms with Gasteiger partial charge in [0.15, 0.2) is 0 Å². The predicted octanol–water partition coefficient (Wildman–Crippen LogP) is 3.14. The predicted molar refractivity (Wildman–Crippen MR) is 79.3 cm³/mol. The minimum absolute atomic E-state index is 0.0686. The highest BCUT2D eigenvalue weighted by atomic mass is 15.3. The molecule has 0 saturated carbocycles. The highest BCUT2D eigenvalue weighted by Crippen LogP contribution is 2.26. The van der Waals surface area contributed by atoms with Crippen LogP contribution < -0.4 is 5.73 Å². The van der Waals surface area contributed by atoms with Crippen molar-refractivity contribution < 1.29 is 0 Å². The van der Waals surface area contributed by atoms with Crippen LogP contribution in [0.4, 0.5) is 0 Å². The third-order valence-corrected chi connectivity index (χ3v) is 3.69. The first kappa shape index (κ1) is 13.8. The van der Waals surface area contributed by atoms with Crippen LogP contribution in [0.5, 0.6) is 0 Å². The van der Waals surface area contributed by atoms with E-state index >= 15 is 0 Å². The molecule has 0 saturated heterocycles. The zero-order chi connectivity index (χ0) is 14.0. The van der Waals surface area contributed by atoms with Gasteiger partial charge in [-0.05, 0) is 44.4 Å². The fraction of sp³-hybridized carbons (Fsp3) is 0.438. The van der Waals surface area contributed by atoms with Crippen molar-refractivity contribution in [1.29, 1.82) is 0 Å². The zero-order valence-electron chi connectivity index (χ0n) is 12.2.